The van der Waals surface area contributed by atoms with Crippen molar-refractivity contribution in [1.29, 1.82) is 0 Å². The van der Waals surface area contributed by atoms with Crippen molar-refractivity contribution in [2.24, 2.45) is 5.92 Å². The Kier molecular flexibility index (Phi) is 4.11. The molecule has 0 saturated carbocycles. The molecule has 0 radical (unpaired) electrons. The van der Waals surface area contributed by atoms with Gasteiger partial charge < -0.3 is 10.2 Å². The number of para-hydroxylation sites is 2. The first-order valence-corrected chi connectivity index (χ1v) is 7.44. The highest BCUT2D eigenvalue weighted by Crippen LogP contribution is 2.31. The van der Waals surface area contributed by atoms with Crippen LogP contribution < -0.4 is 10.2 Å². The molecule has 22 heavy (non-hydrogen) atoms. The van der Waals surface area contributed by atoms with Gasteiger partial charge in [0.15, 0.2) is 0 Å². The number of hydrogen-bond donors (Lipinski definition) is 1. The number of carbonyl (C=O) groups excluding carboxylic acids is 2. The molecular weight excluding hydrogens is 300 g/mol. The van der Waals surface area contributed by atoms with Gasteiger partial charge in [-0.2, -0.15) is 0 Å². The molecule has 0 bridgehead atoms. The lowest BCUT2D eigenvalue weighted by Gasteiger charge is -2.18. The third-order valence-corrected chi connectivity index (χ3v) is 4.00. The molecule has 1 heterocycles. The number of hydrogen-bond acceptors (Lipinski definition) is 2. The van der Waals surface area contributed by atoms with Crippen LogP contribution in [0, 0.1) is 5.92 Å². The Morgan fingerprint density at radius 2 is 1.77 bits per heavy atom. The van der Waals surface area contributed by atoms with Gasteiger partial charge in [-0.3, -0.25) is 9.59 Å². The Bertz CT molecular complexity index is 703. The van der Waals surface area contributed by atoms with Crippen LogP contribution in [0.3, 0.4) is 0 Å². The van der Waals surface area contributed by atoms with E-state index in [-0.39, 0.29) is 24.2 Å². The normalized spacial score (nSPS) is 17.6. The number of benzene rings is 2. The predicted molar refractivity (Wildman–Crippen MR) is 87.0 cm³/mol. The summed E-state index contributed by atoms with van der Waals surface area (Å²) in [5.74, 6) is -0.598. The lowest BCUT2D eigenvalue weighted by atomic mass is 10.1. The first kappa shape index (κ1) is 14.6. The van der Waals surface area contributed by atoms with E-state index in [1.54, 1.807) is 17.0 Å². The van der Waals surface area contributed by atoms with Crippen LogP contribution in [0.4, 0.5) is 11.4 Å². The molecule has 3 rings (SSSR count). The summed E-state index contributed by atoms with van der Waals surface area (Å²) in [4.78, 5) is 26.1. The SMILES string of the molecule is O=C(Nc1ccccc1)[C@H]1CC(=O)N(c2ccccc2Cl)C1. The molecule has 2 aromatic rings. The molecule has 1 atom stereocenters. The number of carbonyl (C=O) groups is 2. The fourth-order valence-electron chi connectivity index (χ4n) is 2.55. The van der Waals surface area contributed by atoms with Crippen molar-refractivity contribution in [3.05, 3.63) is 59.6 Å². The molecule has 1 N–H and O–H groups in total. The van der Waals surface area contributed by atoms with Gasteiger partial charge in [0.05, 0.1) is 16.6 Å². The minimum absolute atomic E-state index is 0.0821. The van der Waals surface area contributed by atoms with Crippen molar-refractivity contribution in [3.8, 4) is 0 Å². The molecule has 0 aromatic heterocycles. The average Bonchev–Trinajstić information content (AvgIpc) is 2.91. The van der Waals surface area contributed by atoms with Gasteiger partial charge in [0, 0.05) is 18.7 Å². The van der Waals surface area contributed by atoms with E-state index in [0.29, 0.717) is 17.3 Å². The van der Waals surface area contributed by atoms with Crippen LogP contribution in [0.15, 0.2) is 54.6 Å². The van der Waals surface area contributed by atoms with Crippen molar-refractivity contribution < 1.29 is 9.59 Å². The van der Waals surface area contributed by atoms with Crippen LogP contribution in [0.1, 0.15) is 6.42 Å². The largest absolute Gasteiger partial charge is 0.326 e. The summed E-state index contributed by atoms with van der Waals surface area (Å²) in [6.07, 6.45) is 0.198. The van der Waals surface area contributed by atoms with Crippen LogP contribution in [0.5, 0.6) is 0 Å². The lowest BCUT2D eigenvalue weighted by Crippen LogP contribution is -2.28. The Morgan fingerprint density at radius 3 is 2.50 bits per heavy atom. The van der Waals surface area contributed by atoms with Crippen molar-refractivity contribution in [3.63, 3.8) is 0 Å². The predicted octanol–water partition coefficient (Wildman–Crippen LogP) is 3.33. The second-order valence-corrected chi connectivity index (χ2v) is 5.62. The van der Waals surface area contributed by atoms with Gasteiger partial charge in [0.2, 0.25) is 11.8 Å². The maximum absolute atomic E-state index is 12.3. The Labute approximate surface area is 133 Å². The monoisotopic (exact) mass is 314 g/mol. The van der Waals surface area contributed by atoms with Crippen molar-refractivity contribution in [2.75, 3.05) is 16.8 Å². The number of amides is 2. The van der Waals surface area contributed by atoms with Gasteiger partial charge in [-0.1, -0.05) is 41.9 Å². The van der Waals surface area contributed by atoms with E-state index in [4.69, 9.17) is 11.6 Å². The molecule has 0 aliphatic carbocycles. The summed E-state index contributed by atoms with van der Waals surface area (Å²) in [6, 6.07) is 16.4. The molecule has 2 aromatic carbocycles. The number of halogens is 1. The molecule has 4 nitrogen and oxygen atoms in total. The summed E-state index contributed by atoms with van der Waals surface area (Å²) in [5, 5.41) is 3.35. The second-order valence-electron chi connectivity index (χ2n) is 5.21. The number of nitrogens with one attached hydrogen (secondary N) is 1. The highest BCUT2D eigenvalue weighted by molar-refractivity contribution is 6.33. The van der Waals surface area contributed by atoms with Crippen LogP contribution >= 0.6 is 11.6 Å². The summed E-state index contributed by atoms with van der Waals surface area (Å²) in [6.45, 7) is 0.348. The van der Waals surface area contributed by atoms with E-state index < -0.39 is 0 Å². The highest BCUT2D eigenvalue weighted by atomic mass is 35.5. The van der Waals surface area contributed by atoms with E-state index in [0.717, 1.165) is 5.69 Å². The van der Waals surface area contributed by atoms with Gasteiger partial charge in [-0.25, -0.2) is 0 Å². The zero-order chi connectivity index (χ0) is 15.5. The Morgan fingerprint density at radius 1 is 1.09 bits per heavy atom. The number of anilines is 2. The highest BCUT2D eigenvalue weighted by Gasteiger charge is 2.35. The van der Waals surface area contributed by atoms with Crippen LogP contribution in [-0.4, -0.2) is 18.4 Å². The zero-order valence-electron chi connectivity index (χ0n) is 11.8. The van der Waals surface area contributed by atoms with Gasteiger partial charge >= 0.3 is 0 Å². The first-order chi connectivity index (χ1) is 10.6. The number of rotatable bonds is 3. The Hall–Kier alpha value is -2.33. The summed E-state index contributed by atoms with van der Waals surface area (Å²) < 4.78 is 0. The third kappa shape index (κ3) is 2.97. The van der Waals surface area contributed by atoms with Gasteiger partial charge in [0.25, 0.3) is 0 Å². The maximum atomic E-state index is 12.3. The van der Waals surface area contributed by atoms with Crippen LogP contribution in [-0.2, 0) is 9.59 Å². The standard InChI is InChI=1S/C17H15ClN2O2/c18-14-8-4-5-9-15(14)20-11-12(10-16(20)21)17(22)19-13-6-2-1-3-7-13/h1-9,12H,10-11H2,(H,19,22)/t12-/m0/s1. The maximum Gasteiger partial charge on any atom is 0.229 e. The van der Waals surface area contributed by atoms with E-state index >= 15 is 0 Å². The molecule has 0 unspecified atom stereocenters. The van der Waals surface area contributed by atoms with E-state index in [2.05, 4.69) is 5.32 Å². The summed E-state index contributed by atoms with van der Waals surface area (Å²) in [5.41, 5.74) is 1.39. The first-order valence-electron chi connectivity index (χ1n) is 7.06. The molecule has 1 saturated heterocycles. The molecule has 5 heteroatoms. The zero-order valence-corrected chi connectivity index (χ0v) is 12.6. The van der Waals surface area contributed by atoms with E-state index in [9.17, 15) is 9.59 Å². The van der Waals surface area contributed by atoms with Gasteiger partial charge in [-0.15, -0.1) is 0 Å². The van der Waals surface area contributed by atoms with Crippen molar-refractivity contribution >= 4 is 34.8 Å². The molecule has 1 aliphatic rings. The van der Waals surface area contributed by atoms with Crippen LogP contribution in [0.25, 0.3) is 0 Å². The van der Waals surface area contributed by atoms with Gasteiger partial charge in [0.1, 0.15) is 0 Å². The van der Waals surface area contributed by atoms with Crippen LogP contribution in [0.2, 0.25) is 5.02 Å². The molecule has 1 fully saturated rings. The average molecular weight is 315 g/mol. The fourth-order valence-corrected chi connectivity index (χ4v) is 2.79. The molecule has 112 valence electrons. The van der Waals surface area contributed by atoms with Crippen molar-refractivity contribution in [2.45, 2.75) is 6.42 Å². The minimum Gasteiger partial charge on any atom is -0.326 e. The van der Waals surface area contributed by atoms with Crippen molar-refractivity contribution in [1.82, 2.24) is 0 Å². The van der Waals surface area contributed by atoms with E-state index in [1.165, 1.54) is 0 Å². The molecule has 1 aliphatic heterocycles. The van der Waals surface area contributed by atoms with Gasteiger partial charge in [-0.05, 0) is 24.3 Å². The summed E-state index contributed by atoms with van der Waals surface area (Å²) >= 11 is 6.13. The van der Waals surface area contributed by atoms with E-state index in [1.807, 2.05) is 42.5 Å². The third-order valence-electron chi connectivity index (χ3n) is 3.68. The smallest absolute Gasteiger partial charge is 0.229 e. The lowest BCUT2D eigenvalue weighted by molar-refractivity contribution is -0.122. The molecule has 0 spiro atoms. The quantitative estimate of drug-likeness (QED) is 0.944. The summed E-state index contributed by atoms with van der Waals surface area (Å²) in [7, 11) is 0. The topological polar surface area (TPSA) is 49.4 Å². The minimum atomic E-state index is -0.371. The fraction of sp³-hybridized carbons (Fsp3) is 0.176. The Balaban J connectivity index is 1.72. The number of nitrogens with zero attached hydrogens (tertiary/aromatic N) is 1. The second kappa shape index (κ2) is 6.20. The molecular formula is C17H15ClN2O2. The molecule has 2 amide bonds.